The number of benzene rings is 1. The van der Waals surface area contributed by atoms with Crippen LogP contribution in [0.5, 0.6) is 0 Å². The second-order valence-electron chi connectivity index (χ2n) is 7.49. The lowest BCUT2D eigenvalue weighted by atomic mass is 9.88. The predicted octanol–water partition coefficient (Wildman–Crippen LogP) is 4.63. The van der Waals surface area contributed by atoms with Crippen LogP contribution < -0.4 is 0 Å². The molecule has 0 heterocycles. The van der Waals surface area contributed by atoms with Gasteiger partial charge in [0.1, 0.15) is 0 Å². The molecule has 2 aliphatic carbocycles. The third-order valence-corrected chi connectivity index (χ3v) is 5.73. The molecule has 3 rings (SSSR count). The number of carbonyl (C=O) groups is 1. The molecule has 1 aromatic rings. The minimum atomic E-state index is -0.401. The minimum Gasteiger partial charge on any atom is -0.336 e. The molecular weight excluding hydrogens is 316 g/mol. The van der Waals surface area contributed by atoms with Crippen molar-refractivity contribution < 1.29 is 9.72 Å². The van der Waals surface area contributed by atoms with E-state index in [0.717, 1.165) is 31.2 Å². The summed E-state index contributed by atoms with van der Waals surface area (Å²) >= 11 is 0. The molecule has 25 heavy (non-hydrogen) atoms. The van der Waals surface area contributed by atoms with Gasteiger partial charge in [0.2, 0.25) is 5.91 Å². The summed E-state index contributed by atoms with van der Waals surface area (Å²) in [6.45, 7) is 0. The van der Waals surface area contributed by atoms with Gasteiger partial charge in [-0.15, -0.1) is 0 Å². The Morgan fingerprint density at radius 3 is 1.84 bits per heavy atom. The van der Waals surface area contributed by atoms with Gasteiger partial charge in [-0.3, -0.25) is 14.9 Å². The van der Waals surface area contributed by atoms with Crippen molar-refractivity contribution in [2.24, 2.45) is 0 Å². The Morgan fingerprint density at radius 2 is 1.40 bits per heavy atom. The minimum absolute atomic E-state index is 0.0765. The number of amides is 1. The van der Waals surface area contributed by atoms with Crippen LogP contribution in [-0.2, 0) is 11.2 Å². The maximum absolute atomic E-state index is 13.1. The van der Waals surface area contributed by atoms with Crippen molar-refractivity contribution in [1.29, 1.82) is 0 Å². The van der Waals surface area contributed by atoms with Crippen molar-refractivity contribution in [3.63, 3.8) is 0 Å². The number of non-ortho nitro benzene ring substituents is 1. The number of carbonyl (C=O) groups excluding carboxylic acids is 1. The second-order valence-corrected chi connectivity index (χ2v) is 7.49. The first-order chi connectivity index (χ1) is 12.1. The van der Waals surface area contributed by atoms with Crippen molar-refractivity contribution in [1.82, 2.24) is 4.90 Å². The highest BCUT2D eigenvalue weighted by molar-refractivity contribution is 5.79. The molecule has 5 nitrogen and oxygen atoms in total. The Balaban J connectivity index is 1.72. The number of rotatable bonds is 5. The van der Waals surface area contributed by atoms with Crippen LogP contribution in [0.1, 0.15) is 69.8 Å². The first kappa shape index (κ1) is 17.9. The number of nitro groups is 1. The zero-order chi connectivity index (χ0) is 17.6. The van der Waals surface area contributed by atoms with Gasteiger partial charge in [0.05, 0.1) is 11.3 Å². The van der Waals surface area contributed by atoms with Crippen LogP contribution in [0.3, 0.4) is 0 Å². The van der Waals surface area contributed by atoms with Gasteiger partial charge in [-0.25, -0.2) is 0 Å². The highest BCUT2D eigenvalue weighted by Crippen LogP contribution is 2.31. The fourth-order valence-electron chi connectivity index (χ4n) is 4.43. The van der Waals surface area contributed by atoms with Crippen LogP contribution in [0, 0.1) is 10.1 Å². The van der Waals surface area contributed by atoms with Gasteiger partial charge in [-0.05, 0) is 31.2 Å². The molecule has 0 N–H and O–H groups in total. The molecule has 1 amide bonds. The molecule has 0 radical (unpaired) electrons. The van der Waals surface area contributed by atoms with E-state index in [2.05, 4.69) is 4.90 Å². The van der Waals surface area contributed by atoms with Crippen molar-refractivity contribution in [3.05, 3.63) is 39.9 Å². The van der Waals surface area contributed by atoms with E-state index in [1.165, 1.54) is 50.7 Å². The van der Waals surface area contributed by atoms with Gasteiger partial charge in [0, 0.05) is 24.2 Å². The van der Waals surface area contributed by atoms with Gasteiger partial charge in [0.15, 0.2) is 0 Å². The SMILES string of the molecule is O=C(Cc1ccc([N+](=O)[O-])cc1)N(C1CCCCC1)C1CCCCC1. The summed E-state index contributed by atoms with van der Waals surface area (Å²) in [5, 5.41) is 10.8. The number of hydrogen-bond donors (Lipinski definition) is 0. The summed E-state index contributed by atoms with van der Waals surface area (Å²) in [5.41, 5.74) is 0.944. The number of hydrogen-bond acceptors (Lipinski definition) is 3. The molecule has 0 unspecified atom stereocenters. The molecule has 5 heteroatoms. The molecule has 2 fully saturated rings. The van der Waals surface area contributed by atoms with Crippen LogP contribution in [0.25, 0.3) is 0 Å². The average Bonchev–Trinajstić information content (AvgIpc) is 2.64. The maximum Gasteiger partial charge on any atom is 0.269 e. The van der Waals surface area contributed by atoms with E-state index in [4.69, 9.17) is 0 Å². The summed E-state index contributed by atoms with van der Waals surface area (Å²) in [5.74, 6) is 0.202. The molecule has 1 aromatic carbocycles. The Bertz CT molecular complexity index is 569. The zero-order valence-electron chi connectivity index (χ0n) is 14.9. The molecule has 0 bridgehead atoms. The molecular formula is C20H28N2O3. The average molecular weight is 344 g/mol. The highest BCUT2D eigenvalue weighted by atomic mass is 16.6. The largest absolute Gasteiger partial charge is 0.336 e. The fraction of sp³-hybridized carbons (Fsp3) is 0.650. The highest BCUT2D eigenvalue weighted by Gasteiger charge is 2.32. The number of nitro benzene ring substituents is 1. The van der Waals surface area contributed by atoms with E-state index < -0.39 is 4.92 Å². The molecule has 0 aromatic heterocycles. The fourth-order valence-corrected chi connectivity index (χ4v) is 4.43. The Morgan fingerprint density at radius 1 is 0.920 bits per heavy atom. The molecule has 2 saturated carbocycles. The third kappa shape index (κ3) is 4.59. The van der Waals surface area contributed by atoms with Crippen LogP contribution in [0.4, 0.5) is 5.69 Å². The molecule has 0 spiro atoms. The summed E-state index contributed by atoms with van der Waals surface area (Å²) < 4.78 is 0. The third-order valence-electron chi connectivity index (χ3n) is 5.73. The van der Waals surface area contributed by atoms with Gasteiger partial charge < -0.3 is 4.90 Å². The van der Waals surface area contributed by atoms with Gasteiger partial charge in [-0.2, -0.15) is 0 Å². The lowest BCUT2D eigenvalue weighted by molar-refractivity contribution is -0.384. The molecule has 0 atom stereocenters. The smallest absolute Gasteiger partial charge is 0.269 e. The zero-order valence-corrected chi connectivity index (χ0v) is 14.9. The van der Waals surface area contributed by atoms with E-state index in [0.29, 0.717) is 18.5 Å². The Hall–Kier alpha value is -1.91. The van der Waals surface area contributed by atoms with Crippen molar-refractivity contribution in [2.75, 3.05) is 0 Å². The number of nitrogens with zero attached hydrogens (tertiary/aromatic N) is 2. The summed E-state index contributed by atoms with van der Waals surface area (Å²) in [6.07, 6.45) is 12.3. The van der Waals surface area contributed by atoms with E-state index in [9.17, 15) is 14.9 Å². The van der Waals surface area contributed by atoms with Crippen LogP contribution >= 0.6 is 0 Å². The van der Waals surface area contributed by atoms with Crippen LogP contribution in [0.15, 0.2) is 24.3 Å². The van der Waals surface area contributed by atoms with Gasteiger partial charge in [0.25, 0.3) is 5.69 Å². The van der Waals surface area contributed by atoms with Crippen molar-refractivity contribution in [2.45, 2.75) is 82.7 Å². The topological polar surface area (TPSA) is 63.4 Å². The summed E-state index contributed by atoms with van der Waals surface area (Å²) in [7, 11) is 0. The summed E-state index contributed by atoms with van der Waals surface area (Å²) in [6, 6.07) is 7.21. The van der Waals surface area contributed by atoms with E-state index in [-0.39, 0.29) is 11.6 Å². The molecule has 0 aliphatic heterocycles. The quantitative estimate of drug-likeness (QED) is 0.578. The van der Waals surface area contributed by atoms with Crippen LogP contribution in [0.2, 0.25) is 0 Å². The predicted molar refractivity (Wildman–Crippen MR) is 97.4 cm³/mol. The monoisotopic (exact) mass is 344 g/mol. The molecule has 136 valence electrons. The van der Waals surface area contributed by atoms with Crippen molar-refractivity contribution >= 4 is 11.6 Å². The second kappa shape index (κ2) is 8.45. The normalized spacial score (nSPS) is 19.5. The molecule has 2 aliphatic rings. The first-order valence-corrected chi connectivity index (χ1v) is 9.69. The van der Waals surface area contributed by atoms with Gasteiger partial charge >= 0.3 is 0 Å². The molecule has 0 saturated heterocycles. The van der Waals surface area contributed by atoms with E-state index in [1.54, 1.807) is 12.1 Å². The Kier molecular flexibility index (Phi) is 6.05. The standard InChI is InChI=1S/C20H28N2O3/c23-20(15-16-11-13-19(14-12-16)22(24)25)21(17-7-3-1-4-8-17)18-9-5-2-6-10-18/h11-14,17-18H,1-10,15H2. The Labute approximate surface area is 149 Å². The van der Waals surface area contributed by atoms with Crippen LogP contribution in [-0.4, -0.2) is 27.8 Å². The maximum atomic E-state index is 13.1. The lowest BCUT2D eigenvalue weighted by Gasteiger charge is -2.42. The lowest BCUT2D eigenvalue weighted by Crippen LogP contribution is -2.49. The van der Waals surface area contributed by atoms with Crippen molar-refractivity contribution in [3.8, 4) is 0 Å². The van der Waals surface area contributed by atoms with E-state index >= 15 is 0 Å². The van der Waals surface area contributed by atoms with E-state index in [1.807, 2.05) is 0 Å². The summed E-state index contributed by atoms with van der Waals surface area (Å²) in [4.78, 5) is 25.7. The van der Waals surface area contributed by atoms with Gasteiger partial charge in [-0.1, -0.05) is 50.7 Å². The first-order valence-electron chi connectivity index (χ1n) is 9.69.